The van der Waals surface area contributed by atoms with Crippen LogP contribution in [0.2, 0.25) is 0 Å². The fraction of sp³-hybridized carbons (Fsp3) is 0.562. The van der Waals surface area contributed by atoms with Gasteiger partial charge >= 0.3 is 0 Å². The van der Waals surface area contributed by atoms with Crippen LogP contribution in [-0.4, -0.2) is 43.5 Å². The van der Waals surface area contributed by atoms with Gasteiger partial charge in [-0.25, -0.2) is 0 Å². The molecule has 2 unspecified atom stereocenters. The van der Waals surface area contributed by atoms with Gasteiger partial charge in [0.25, 0.3) is 5.91 Å². The number of carbonyl (C=O) groups excluding carboxylic acids is 1. The largest absolute Gasteiger partial charge is 0.384 e. The van der Waals surface area contributed by atoms with Crippen LogP contribution in [0.1, 0.15) is 29.3 Å². The minimum atomic E-state index is 0.0582. The number of nitrogens with zero attached hydrogens (tertiary/aromatic N) is 1. The highest BCUT2D eigenvalue weighted by molar-refractivity contribution is 5.95. The minimum Gasteiger partial charge on any atom is -0.384 e. The molecule has 0 spiro atoms. The van der Waals surface area contributed by atoms with E-state index in [-0.39, 0.29) is 5.91 Å². The van der Waals surface area contributed by atoms with E-state index in [0.717, 1.165) is 43.7 Å². The molecule has 20 heavy (non-hydrogen) atoms. The maximum Gasteiger partial charge on any atom is 0.251 e. The van der Waals surface area contributed by atoms with Gasteiger partial charge in [-0.15, -0.1) is 0 Å². The van der Waals surface area contributed by atoms with E-state index in [1.165, 1.54) is 5.56 Å². The van der Waals surface area contributed by atoms with Crippen LogP contribution in [0, 0.1) is 5.92 Å². The summed E-state index contributed by atoms with van der Waals surface area (Å²) in [6.45, 7) is 5.30. The van der Waals surface area contributed by atoms with Gasteiger partial charge in [0.05, 0.1) is 0 Å². The molecule has 2 aliphatic heterocycles. The maximum atomic E-state index is 12.4. The van der Waals surface area contributed by atoms with Crippen molar-refractivity contribution in [1.82, 2.24) is 10.2 Å². The van der Waals surface area contributed by atoms with Crippen molar-refractivity contribution in [3.8, 4) is 0 Å². The number of hydrogen-bond donors (Lipinski definition) is 2. The van der Waals surface area contributed by atoms with E-state index < -0.39 is 0 Å². The van der Waals surface area contributed by atoms with Crippen molar-refractivity contribution in [3.63, 3.8) is 0 Å². The number of benzene rings is 1. The molecule has 0 bridgehead atoms. The van der Waals surface area contributed by atoms with Crippen molar-refractivity contribution in [3.05, 3.63) is 29.3 Å². The zero-order chi connectivity index (χ0) is 14.1. The van der Waals surface area contributed by atoms with Crippen LogP contribution in [0.4, 0.5) is 5.69 Å². The lowest BCUT2D eigenvalue weighted by Crippen LogP contribution is -2.48. The normalized spacial score (nSPS) is 25.9. The highest BCUT2D eigenvalue weighted by atomic mass is 16.1. The van der Waals surface area contributed by atoms with Gasteiger partial charge < -0.3 is 15.5 Å². The van der Waals surface area contributed by atoms with Gasteiger partial charge in [0.15, 0.2) is 0 Å². The number of fused-ring (bicyclic) bond motifs is 1. The summed E-state index contributed by atoms with van der Waals surface area (Å²) in [5.41, 5.74) is 3.20. The van der Waals surface area contributed by atoms with Crippen LogP contribution in [0.5, 0.6) is 0 Å². The number of likely N-dealkylation sites (tertiary alicyclic amines) is 1. The number of hydrogen-bond acceptors (Lipinski definition) is 3. The molecular weight excluding hydrogens is 250 g/mol. The van der Waals surface area contributed by atoms with Gasteiger partial charge in [-0.3, -0.25) is 4.79 Å². The zero-order valence-corrected chi connectivity index (χ0v) is 12.3. The van der Waals surface area contributed by atoms with Crippen LogP contribution in [-0.2, 0) is 6.42 Å². The molecule has 1 aromatic rings. The second kappa shape index (κ2) is 5.44. The Morgan fingerprint density at radius 2 is 2.30 bits per heavy atom. The Labute approximate surface area is 120 Å². The quantitative estimate of drug-likeness (QED) is 0.862. The molecule has 2 heterocycles. The molecule has 1 saturated heterocycles. The van der Waals surface area contributed by atoms with E-state index in [1.54, 1.807) is 0 Å². The summed E-state index contributed by atoms with van der Waals surface area (Å²) in [4.78, 5) is 14.7. The van der Waals surface area contributed by atoms with Gasteiger partial charge in [-0.05, 0) is 50.0 Å². The molecule has 2 aliphatic rings. The van der Waals surface area contributed by atoms with E-state index in [0.29, 0.717) is 12.0 Å². The second-order valence-corrected chi connectivity index (χ2v) is 6.16. The zero-order valence-electron chi connectivity index (χ0n) is 12.3. The van der Waals surface area contributed by atoms with Crippen molar-refractivity contribution in [1.29, 1.82) is 0 Å². The molecule has 0 aliphatic carbocycles. The summed E-state index contributed by atoms with van der Waals surface area (Å²) in [5.74, 6) is 0.563. The number of rotatable bonds is 2. The van der Waals surface area contributed by atoms with E-state index in [2.05, 4.69) is 35.6 Å². The van der Waals surface area contributed by atoms with Gasteiger partial charge in [-0.2, -0.15) is 0 Å². The fourth-order valence-electron chi connectivity index (χ4n) is 3.25. The Bertz CT molecular complexity index is 514. The molecule has 4 heteroatoms. The highest BCUT2D eigenvalue weighted by Crippen LogP contribution is 2.23. The number of amides is 1. The lowest BCUT2D eigenvalue weighted by molar-refractivity contribution is 0.0884. The standard InChI is InChI=1S/C16H23N3O/c1-11-10-19(2)8-6-14(11)18-16(20)13-4-3-12-5-7-17-15(12)9-13/h3-4,9,11,14,17H,5-8,10H2,1-2H3,(H,18,20). The first-order valence-electron chi connectivity index (χ1n) is 7.49. The number of anilines is 1. The van der Waals surface area contributed by atoms with Crippen LogP contribution >= 0.6 is 0 Å². The molecule has 0 saturated carbocycles. The van der Waals surface area contributed by atoms with Crippen LogP contribution in [0.15, 0.2) is 18.2 Å². The lowest BCUT2D eigenvalue weighted by Gasteiger charge is -2.35. The summed E-state index contributed by atoms with van der Waals surface area (Å²) in [5, 5.41) is 6.53. The lowest BCUT2D eigenvalue weighted by atomic mass is 9.94. The summed E-state index contributed by atoms with van der Waals surface area (Å²) >= 11 is 0. The smallest absolute Gasteiger partial charge is 0.251 e. The Morgan fingerprint density at radius 3 is 3.10 bits per heavy atom. The molecule has 3 rings (SSSR count). The average molecular weight is 273 g/mol. The number of carbonyl (C=O) groups is 1. The van der Waals surface area contributed by atoms with Crippen LogP contribution < -0.4 is 10.6 Å². The Balaban J connectivity index is 1.67. The first kappa shape index (κ1) is 13.4. The first-order valence-corrected chi connectivity index (χ1v) is 7.49. The molecule has 4 nitrogen and oxygen atoms in total. The van der Waals surface area contributed by atoms with Crippen molar-refractivity contribution in [2.24, 2.45) is 5.92 Å². The van der Waals surface area contributed by atoms with Crippen LogP contribution in [0.3, 0.4) is 0 Å². The number of piperidine rings is 1. The SMILES string of the molecule is CC1CN(C)CCC1NC(=O)c1ccc2c(c1)NCC2. The van der Waals surface area contributed by atoms with E-state index in [4.69, 9.17) is 0 Å². The molecular formula is C16H23N3O. The minimum absolute atomic E-state index is 0.0582. The van der Waals surface area contributed by atoms with Crippen molar-refractivity contribution in [2.75, 3.05) is 32.0 Å². The molecule has 1 amide bonds. The van der Waals surface area contributed by atoms with E-state index in [9.17, 15) is 4.79 Å². The summed E-state index contributed by atoms with van der Waals surface area (Å²) in [6, 6.07) is 6.29. The topological polar surface area (TPSA) is 44.4 Å². The predicted molar refractivity (Wildman–Crippen MR) is 81.2 cm³/mol. The second-order valence-electron chi connectivity index (χ2n) is 6.16. The maximum absolute atomic E-state index is 12.4. The van der Waals surface area contributed by atoms with Crippen molar-refractivity contribution < 1.29 is 4.79 Å². The summed E-state index contributed by atoms with van der Waals surface area (Å²) in [7, 11) is 2.14. The van der Waals surface area contributed by atoms with Crippen molar-refractivity contribution >= 4 is 11.6 Å². The molecule has 2 atom stereocenters. The van der Waals surface area contributed by atoms with Gasteiger partial charge in [0, 0.05) is 30.4 Å². The van der Waals surface area contributed by atoms with Crippen molar-refractivity contribution in [2.45, 2.75) is 25.8 Å². The molecule has 108 valence electrons. The molecule has 1 aromatic carbocycles. The number of nitrogens with one attached hydrogen (secondary N) is 2. The van der Waals surface area contributed by atoms with E-state index >= 15 is 0 Å². The average Bonchev–Trinajstić information content (AvgIpc) is 2.89. The predicted octanol–water partition coefficient (Wildman–Crippen LogP) is 1.72. The third-order valence-electron chi connectivity index (χ3n) is 4.51. The van der Waals surface area contributed by atoms with Crippen LogP contribution in [0.25, 0.3) is 0 Å². The first-order chi connectivity index (χ1) is 9.63. The Morgan fingerprint density at radius 1 is 1.45 bits per heavy atom. The van der Waals surface area contributed by atoms with Gasteiger partial charge in [0.2, 0.25) is 0 Å². The van der Waals surface area contributed by atoms with E-state index in [1.807, 2.05) is 12.1 Å². The van der Waals surface area contributed by atoms with Gasteiger partial charge in [0.1, 0.15) is 0 Å². The molecule has 0 radical (unpaired) electrons. The van der Waals surface area contributed by atoms with Gasteiger partial charge in [-0.1, -0.05) is 13.0 Å². The Kier molecular flexibility index (Phi) is 3.66. The third-order valence-corrected chi connectivity index (χ3v) is 4.51. The highest BCUT2D eigenvalue weighted by Gasteiger charge is 2.26. The third kappa shape index (κ3) is 2.66. The molecule has 0 aromatic heterocycles. The summed E-state index contributed by atoms with van der Waals surface area (Å²) in [6.07, 6.45) is 2.09. The molecule has 2 N–H and O–H groups in total. The Hall–Kier alpha value is -1.55. The summed E-state index contributed by atoms with van der Waals surface area (Å²) < 4.78 is 0. The monoisotopic (exact) mass is 273 g/mol. The fourth-order valence-corrected chi connectivity index (χ4v) is 3.25. The molecule has 1 fully saturated rings.